The molecule has 1 aromatic rings. The highest BCUT2D eigenvalue weighted by molar-refractivity contribution is 9.10. The van der Waals surface area contributed by atoms with E-state index in [2.05, 4.69) is 52.4 Å². The van der Waals surface area contributed by atoms with Gasteiger partial charge >= 0.3 is 0 Å². The fourth-order valence-corrected chi connectivity index (χ4v) is 3.11. The van der Waals surface area contributed by atoms with E-state index in [0.717, 1.165) is 4.47 Å². The fraction of sp³-hybridized carbons (Fsp3) is 0.600. The molecular weight excluding hydrogens is 290 g/mol. The maximum absolute atomic E-state index is 5.41. The summed E-state index contributed by atoms with van der Waals surface area (Å²) < 4.78 is 6.56. The molecule has 3 heteroatoms. The van der Waals surface area contributed by atoms with Crippen molar-refractivity contribution in [1.29, 1.82) is 0 Å². The molecule has 0 amide bonds. The van der Waals surface area contributed by atoms with Gasteiger partial charge in [0, 0.05) is 23.7 Å². The molecule has 0 radical (unpaired) electrons. The first kappa shape index (κ1) is 14.0. The van der Waals surface area contributed by atoms with Crippen molar-refractivity contribution >= 4 is 15.9 Å². The minimum absolute atomic E-state index is 0.409. The maximum Gasteiger partial charge on any atom is 0.0572 e. The first-order valence-electron chi connectivity index (χ1n) is 6.73. The number of benzene rings is 1. The molecule has 1 atom stereocenters. The normalized spacial score (nSPS) is 25.9. The topological polar surface area (TPSA) is 21.3 Å². The Hall–Kier alpha value is -0.380. The van der Waals surface area contributed by atoms with Gasteiger partial charge in [0.1, 0.15) is 0 Å². The monoisotopic (exact) mass is 311 g/mol. The minimum Gasteiger partial charge on any atom is -0.381 e. The van der Waals surface area contributed by atoms with Crippen LogP contribution in [-0.4, -0.2) is 19.3 Å². The number of ether oxygens (including phenoxy) is 1. The summed E-state index contributed by atoms with van der Waals surface area (Å²) in [6, 6.07) is 9.58. The summed E-state index contributed by atoms with van der Waals surface area (Å²) in [5.74, 6) is 0. The molecule has 100 valence electrons. The molecule has 1 aliphatic rings. The average molecular weight is 312 g/mol. The first-order valence-corrected chi connectivity index (χ1v) is 7.52. The van der Waals surface area contributed by atoms with Crippen molar-refractivity contribution in [2.75, 3.05) is 7.11 Å². The zero-order chi connectivity index (χ0) is 13.0. The Morgan fingerprint density at radius 1 is 1.28 bits per heavy atom. The van der Waals surface area contributed by atoms with Gasteiger partial charge in [-0.25, -0.2) is 0 Å². The molecule has 2 rings (SSSR count). The molecule has 1 aromatic carbocycles. The molecule has 0 saturated heterocycles. The Morgan fingerprint density at radius 2 is 2.00 bits per heavy atom. The number of rotatable bonds is 4. The summed E-state index contributed by atoms with van der Waals surface area (Å²) in [4.78, 5) is 0. The number of methoxy groups -OCH3 is 1. The molecule has 18 heavy (non-hydrogen) atoms. The lowest BCUT2D eigenvalue weighted by Crippen LogP contribution is -2.36. The van der Waals surface area contributed by atoms with Crippen LogP contribution in [0.15, 0.2) is 28.7 Å². The van der Waals surface area contributed by atoms with E-state index in [0.29, 0.717) is 18.2 Å². The van der Waals surface area contributed by atoms with Crippen molar-refractivity contribution in [3.8, 4) is 0 Å². The lowest BCUT2D eigenvalue weighted by Gasteiger charge is -2.30. The Bertz CT molecular complexity index is 375. The van der Waals surface area contributed by atoms with Gasteiger partial charge in [0.2, 0.25) is 0 Å². The van der Waals surface area contributed by atoms with Crippen LogP contribution in [0.25, 0.3) is 0 Å². The maximum atomic E-state index is 5.41. The molecule has 0 bridgehead atoms. The summed E-state index contributed by atoms with van der Waals surface area (Å²) in [7, 11) is 1.82. The molecule has 0 unspecified atom stereocenters. The van der Waals surface area contributed by atoms with Crippen molar-refractivity contribution in [1.82, 2.24) is 5.32 Å². The van der Waals surface area contributed by atoms with Gasteiger partial charge < -0.3 is 10.1 Å². The molecule has 1 saturated carbocycles. The third-order valence-electron chi connectivity index (χ3n) is 3.84. The quantitative estimate of drug-likeness (QED) is 0.905. The lowest BCUT2D eigenvalue weighted by molar-refractivity contribution is 0.0614. The van der Waals surface area contributed by atoms with Crippen LogP contribution in [0.5, 0.6) is 0 Å². The third-order valence-corrected chi connectivity index (χ3v) is 4.34. The Balaban J connectivity index is 1.86. The predicted octanol–water partition coefficient (Wildman–Crippen LogP) is 4.06. The first-order chi connectivity index (χ1) is 8.69. The second-order valence-corrected chi connectivity index (χ2v) is 6.07. The summed E-state index contributed by atoms with van der Waals surface area (Å²) in [5.41, 5.74) is 1.35. The van der Waals surface area contributed by atoms with Crippen LogP contribution in [0, 0.1) is 0 Å². The summed E-state index contributed by atoms with van der Waals surface area (Å²) >= 11 is 3.53. The predicted molar refractivity (Wildman–Crippen MR) is 78.7 cm³/mol. The van der Waals surface area contributed by atoms with E-state index in [1.54, 1.807) is 0 Å². The molecule has 1 aliphatic carbocycles. The highest BCUT2D eigenvalue weighted by Crippen LogP contribution is 2.24. The summed E-state index contributed by atoms with van der Waals surface area (Å²) in [6.45, 7) is 2.24. The van der Waals surface area contributed by atoms with Gasteiger partial charge in [-0.15, -0.1) is 0 Å². The van der Waals surface area contributed by atoms with Crippen molar-refractivity contribution in [3.63, 3.8) is 0 Å². The summed E-state index contributed by atoms with van der Waals surface area (Å²) in [6.07, 6.45) is 5.27. The standard InChI is InChI=1S/C15H22BrNO/c1-11(12-4-3-5-13(16)10-12)17-14-6-8-15(18-2)9-7-14/h3-5,10-11,14-15,17H,6-9H2,1-2H3/t11-,14?,15?/m0/s1. The minimum atomic E-state index is 0.409. The van der Waals surface area contributed by atoms with Crippen molar-refractivity contribution in [2.45, 2.75) is 50.8 Å². The Kier molecular flexibility index (Phi) is 5.22. The van der Waals surface area contributed by atoms with Gasteiger partial charge in [0.15, 0.2) is 0 Å². The highest BCUT2D eigenvalue weighted by atomic mass is 79.9. The van der Waals surface area contributed by atoms with Gasteiger partial charge in [0.25, 0.3) is 0 Å². The van der Waals surface area contributed by atoms with Crippen LogP contribution >= 0.6 is 15.9 Å². The van der Waals surface area contributed by atoms with Gasteiger partial charge in [-0.3, -0.25) is 0 Å². The van der Waals surface area contributed by atoms with E-state index in [1.165, 1.54) is 31.2 Å². The molecule has 0 aromatic heterocycles. The lowest BCUT2D eigenvalue weighted by atomic mass is 9.92. The average Bonchev–Trinajstić information content (AvgIpc) is 2.39. The van der Waals surface area contributed by atoms with Gasteiger partial charge in [-0.2, -0.15) is 0 Å². The van der Waals surface area contributed by atoms with Crippen LogP contribution < -0.4 is 5.32 Å². The largest absolute Gasteiger partial charge is 0.381 e. The van der Waals surface area contributed by atoms with Crippen molar-refractivity contribution < 1.29 is 4.74 Å². The summed E-state index contributed by atoms with van der Waals surface area (Å²) in [5, 5.41) is 3.73. The molecule has 2 nitrogen and oxygen atoms in total. The second kappa shape index (κ2) is 6.69. The van der Waals surface area contributed by atoms with Crippen LogP contribution in [0.3, 0.4) is 0 Å². The van der Waals surface area contributed by atoms with Gasteiger partial charge in [-0.1, -0.05) is 28.1 Å². The third kappa shape index (κ3) is 3.81. The number of nitrogens with one attached hydrogen (secondary N) is 1. The number of hydrogen-bond donors (Lipinski definition) is 1. The number of halogens is 1. The van der Waals surface area contributed by atoms with E-state index in [4.69, 9.17) is 4.74 Å². The van der Waals surface area contributed by atoms with Crippen LogP contribution in [0.4, 0.5) is 0 Å². The molecule has 1 N–H and O–H groups in total. The van der Waals surface area contributed by atoms with Gasteiger partial charge in [-0.05, 0) is 50.3 Å². The molecule has 0 spiro atoms. The van der Waals surface area contributed by atoms with Crippen LogP contribution in [0.2, 0.25) is 0 Å². The van der Waals surface area contributed by atoms with Crippen LogP contribution in [0.1, 0.15) is 44.2 Å². The fourth-order valence-electron chi connectivity index (χ4n) is 2.69. The molecule has 1 fully saturated rings. The molecular formula is C15H22BrNO. The van der Waals surface area contributed by atoms with E-state index in [-0.39, 0.29) is 0 Å². The van der Waals surface area contributed by atoms with E-state index in [9.17, 15) is 0 Å². The Morgan fingerprint density at radius 3 is 2.61 bits per heavy atom. The molecule has 0 heterocycles. The zero-order valence-corrected chi connectivity index (χ0v) is 12.7. The van der Waals surface area contributed by atoms with Crippen molar-refractivity contribution in [3.05, 3.63) is 34.3 Å². The number of hydrogen-bond acceptors (Lipinski definition) is 2. The molecule has 0 aliphatic heterocycles. The smallest absolute Gasteiger partial charge is 0.0572 e. The van der Waals surface area contributed by atoms with E-state index in [1.807, 2.05) is 7.11 Å². The second-order valence-electron chi connectivity index (χ2n) is 5.15. The Labute approximate surface area is 118 Å². The van der Waals surface area contributed by atoms with Crippen molar-refractivity contribution in [2.24, 2.45) is 0 Å². The van der Waals surface area contributed by atoms with Crippen LogP contribution in [-0.2, 0) is 4.74 Å². The van der Waals surface area contributed by atoms with E-state index >= 15 is 0 Å². The SMILES string of the molecule is COC1CCC(N[C@@H](C)c2cccc(Br)c2)CC1. The van der Waals surface area contributed by atoms with E-state index < -0.39 is 0 Å². The zero-order valence-electron chi connectivity index (χ0n) is 11.2. The van der Waals surface area contributed by atoms with Gasteiger partial charge in [0.05, 0.1) is 6.10 Å². The highest BCUT2D eigenvalue weighted by Gasteiger charge is 2.22.